The molecule has 0 radical (unpaired) electrons. The van der Waals surface area contributed by atoms with E-state index in [2.05, 4.69) is 0 Å². The van der Waals surface area contributed by atoms with E-state index in [0.717, 1.165) is 19.3 Å². The van der Waals surface area contributed by atoms with Crippen LogP contribution in [0.1, 0.15) is 52.4 Å². The molecule has 86 valence electrons. The van der Waals surface area contributed by atoms with Gasteiger partial charge in [-0.05, 0) is 26.2 Å². The summed E-state index contributed by atoms with van der Waals surface area (Å²) in [5.41, 5.74) is -0.754. The third kappa shape index (κ3) is 1.48. The Bertz CT molecular complexity index is 256. The quantitative estimate of drug-likeness (QED) is 0.532. The van der Waals surface area contributed by atoms with E-state index in [1.165, 1.54) is 19.3 Å². The first-order valence-electron chi connectivity index (χ1n) is 6.08. The van der Waals surface area contributed by atoms with E-state index in [0.29, 0.717) is 6.61 Å². The highest BCUT2D eigenvalue weighted by Crippen LogP contribution is 2.58. The molecule has 0 aromatic carbocycles. The summed E-state index contributed by atoms with van der Waals surface area (Å²) in [5.74, 6) is -0.144. The highest BCUT2D eigenvalue weighted by molar-refractivity contribution is 5.85. The van der Waals surface area contributed by atoms with E-state index in [9.17, 15) is 4.79 Å². The summed E-state index contributed by atoms with van der Waals surface area (Å²) < 4.78 is 10.9. The molecule has 0 aromatic rings. The van der Waals surface area contributed by atoms with Gasteiger partial charge in [0.2, 0.25) is 0 Å². The molecule has 3 nitrogen and oxygen atoms in total. The first kappa shape index (κ1) is 10.9. The molecule has 0 amide bonds. The molecule has 2 rings (SSSR count). The molecule has 3 heteroatoms. The number of hydrogen-bond donors (Lipinski definition) is 0. The summed E-state index contributed by atoms with van der Waals surface area (Å²) in [6, 6.07) is 0. The maximum Gasteiger partial charge on any atom is 0.341 e. The van der Waals surface area contributed by atoms with Crippen LogP contribution in [-0.2, 0) is 14.3 Å². The normalized spacial score (nSPS) is 32.7. The van der Waals surface area contributed by atoms with Gasteiger partial charge in [-0.15, -0.1) is 0 Å². The van der Waals surface area contributed by atoms with Crippen LogP contribution in [0.25, 0.3) is 0 Å². The summed E-state index contributed by atoms with van der Waals surface area (Å²) in [7, 11) is 0. The van der Waals surface area contributed by atoms with Crippen LogP contribution in [0.2, 0.25) is 0 Å². The van der Waals surface area contributed by atoms with Crippen molar-refractivity contribution < 1.29 is 14.3 Å². The third-order valence-corrected chi connectivity index (χ3v) is 3.83. The molecule has 0 bridgehead atoms. The zero-order valence-corrected chi connectivity index (χ0v) is 9.67. The maximum absolute atomic E-state index is 11.9. The number of hydrogen-bond acceptors (Lipinski definition) is 3. The van der Waals surface area contributed by atoms with E-state index >= 15 is 0 Å². The summed E-state index contributed by atoms with van der Waals surface area (Å²) in [5, 5.41) is 0. The van der Waals surface area contributed by atoms with Crippen LogP contribution in [0.4, 0.5) is 0 Å². The Morgan fingerprint density at radius 1 is 1.27 bits per heavy atom. The third-order valence-electron chi connectivity index (χ3n) is 3.83. The second kappa shape index (κ2) is 3.78. The molecular weight excluding hydrogens is 192 g/mol. The number of carbonyl (C=O) groups is 1. The van der Waals surface area contributed by atoms with Crippen molar-refractivity contribution >= 4 is 5.97 Å². The molecule has 1 aliphatic heterocycles. The molecule has 1 saturated heterocycles. The molecule has 15 heavy (non-hydrogen) atoms. The van der Waals surface area contributed by atoms with E-state index in [4.69, 9.17) is 9.47 Å². The lowest BCUT2D eigenvalue weighted by atomic mass is 9.79. The van der Waals surface area contributed by atoms with Crippen molar-refractivity contribution in [3.8, 4) is 0 Å². The van der Waals surface area contributed by atoms with Crippen molar-refractivity contribution in [1.82, 2.24) is 0 Å². The number of epoxide rings is 1. The minimum Gasteiger partial charge on any atom is -0.464 e. The average Bonchev–Trinajstić information content (AvgIpc) is 2.88. The van der Waals surface area contributed by atoms with Crippen LogP contribution in [0, 0.1) is 0 Å². The Hall–Kier alpha value is -0.570. The van der Waals surface area contributed by atoms with Gasteiger partial charge in [-0.2, -0.15) is 0 Å². The monoisotopic (exact) mass is 212 g/mol. The van der Waals surface area contributed by atoms with Crippen molar-refractivity contribution in [2.24, 2.45) is 0 Å². The van der Waals surface area contributed by atoms with Gasteiger partial charge in [-0.25, -0.2) is 4.79 Å². The summed E-state index contributed by atoms with van der Waals surface area (Å²) in [6.45, 7) is 4.30. The van der Waals surface area contributed by atoms with E-state index in [-0.39, 0.29) is 11.6 Å². The first-order chi connectivity index (χ1) is 7.21. The van der Waals surface area contributed by atoms with Crippen LogP contribution in [0.3, 0.4) is 0 Å². The van der Waals surface area contributed by atoms with Gasteiger partial charge in [-0.3, -0.25) is 0 Å². The molecule has 1 aliphatic carbocycles. The second-order valence-corrected chi connectivity index (χ2v) is 4.56. The van der Waals surface area contributed by atoms with Gasteiger partial charge in [0.05, 0.1) is 6.61 Å². The smallest absolute Gasteiger partial charge is 0.341 e. The summed E-state index contributed by atoms with van der Waals surface area (Å²) >= 11 is 0. The van der Waals surface area contributed by atoms with Gasteiger partial charge in [0, 0.05) is 0 Å². The molecule has 0 aromatic heterocycles. The predicted octanol–water partition coefficient (Wildman–Crippen LogP) is 2.43. The van der Waals surface area contributed by atoms with Crippen molar-refractivity contribution in [2.75, 3.05) is 6.61 Å². The minimum absolute atomic E-state index is 0.144. The summed E-state index contributed by atoms with van der Waals surface area (Å²) in [4.78, 5) is 11.9. The lowest BCUT2D eigenvalue weighted by Gasteiger charge is -2.21. The van der Waals surface area contributed by atoms with Crippen molar-refractivity contribution in [3.05, 3.63) is 0 Å². The topological polar surface area (TPSA) is 38.8 Å². The second-order valence-electron chi connectivity index (χ2n) is 4.56. The molecule has 0 N–H and O–H groups in total. The van der Waals surface area contributed by atoms with Crippen LogP contribution < -0.4 is 0 Å². The molecular formula is C12H20O3. The van der Waals surface area contributed by atoms with Gasteiger partial charge in [0.15, 0.2) is 5.60 Å². The average molecular weight is 212 g/mol. The lowest BCUT2D eigenvalue weighted by Crippen LogP contribution is -2.36. The van der Waals surface area contributed by atoms with Gasteiger partial charge >= 0.3 is 5.97 Å². The molecule has 1 heterocycles. The van der Waals surface area contributed by atoms with Crippen LogP contribution in [-0.4, -0.2) is 23.8 Å². The van der Waals surface area contributed by atoms with Crippen molar-refractivity contribution in [3.63, 3.8) is 0 Å². The van der Waals surface area contributed by atoms with Gasteiger partial charge in [0.25, 0.3) is 0 Å². The fraction of sp³-hybridized carbons (Fsp3) is 0.917. The van der Waals surface area contributed by atoms with Gasteiger partial charge < -0.3 is 9.47 Å². The molecule has 2 fully saturated rings. The zero-order chi connectivity index (χ0) is 10.9. The van der Waals surface area contributed by atoms with Crippen LogP contribution in [0.5, 0.6) is 0 Å². The Balaban J connectivity index is 2.09. The Morgan fingerprint density at radius 3 is 2.47 bits per heavy atom. The zero-order valence-electron chi connectivity index (χ0n) is 9.67. The number of carbonyl (C=O) groups excluding carboxylic acids is 1. The Morgan fingerprint density at radius 2 is 1.93 bits per heavy atom. The predicted molar refractivity (Wildman–Crippen MR) is 56.6 cm³/mol. The van der Waals surface area contributed by atoms with Gasteiger partial charge in [0.1, 0.15) is 5.60 Å². The van der Waals surface area contributed by atoms with Crippen LogP contribution in [0.15, 0.2) is 0 Å². The molecule has 1 atom stereocenters. The maximum atomic E-state index is 11.9. The first-order valence-corrected chi connectivity index (χ1v) is 6.08. The molecule has 1 saturated carbocycles. The highest BCUT2D eigenvalue weighted by atomic mass is 16.7. The lowest BCUT2D eigenvalue weighted by molar-refractivity contribution is -0.149. The van der Waals surface area contributed by atoms with Crippen molar-refractivity contribution in [2.45, 2.75) is 63.6 Å². The number of esters is 1. The molecule has 1 unspecified atom stereocenters. The summed E-state index contributed by atoms with van der Waals surface area (Å²) in [6.07, 6.45) is 6.43. The molecule has 1 spiro atoms. The fourth-order valence-electron chi connectivity index (χ4n) is 2.95. The van der Waals surface area contributed by atoms with E-state index < -0.39 is 5.60 Å². The van der Waals surface area contributed by atoms with Gasteiger partial charge in [-0.1, -0.05) is 26.2 Å². The largest absolute Gasteiger partial charge is 0.464 e. The SMILES string of the molecule is CCOC(=O)C1(CC)OC12CCCCC2. The Kier molecular flexibility index (Phi) is 2.75. The van der Waals surface area contributed by atoms with Crippen molar-refractivity contribution in [1.29, 1.82) is 0 Å². The standard InChI is InChI=1S/C12H20O3/c1-3-12(10(13)14-4-2)11(15-12)8-6-5-7-9-11/h3-9H2,1-2H3. The molecule has 2 aliphatic rings. The van der Waals surface area contributed by atoms with E-state index in [1.54, 1.807) is 0 Å². The number of ether oxygens (including phenoxy) is 2. The Labute approximate surface area is 91.1 Å². The minimum atomic E-state index is -0.594. The van der Waals surface area contributed by atoms with Crippen LogP contribution >= 0.6 is 0 Å². The highest BCUT2D eigenvalue weighted by Gasteiger charge is 2.73. The number of rotatable bonds is 3. The fourth-order valence-corrected chi connectivity index (χ4v) is 2.95. The van der Waals surface area contributed by atoms with E-state index in [1.807, 2.05) is 13.8 Å².